The van der Waals surface area contributed by atoms with Gasteiger partial charge in [-0.05, 0) is 54.0 Å². The zero-order chi connectivity index (χ0) is 10.0. The Hall–Kier alpha value is -0.370. The second-order valence-electron chi connectivity index (χ2n) is 3.55. The molecule has 2 rings (SSSR count). The smallest absolute Gasteiger partial charge is 0.0939 e. The zero-order valence-corrected chi connectivity index (χ0v) is 10.1. The highest BCUT2D eigenvalue weighted by atomic mass is 79.9. The maximum Gasteiger partial charge on any atom is 0.0939 e. The molecule has 1 aliphatic rings. The van der Waals surface area contributed by atoms with Crippen LogP contribution in [0.1, 0.15) is 17.7 Å². The molecule has 1 fully saturated rings. The first kappa shape index (κ1) is 10.2. The maximum absolute atomic E-state index is 9.32. The molecule has 1 aromatic heterocycles. The SMILES string of the molecule is N#CC1(c2ccc(Br)s2)CCNCC1. The van der Waals surface area contributed by atoms with Crippen molar-refractivity contribution in [2.45, 2.75) is 18.3 Å². The number of rotatable bonds is 1. The van der Waals surface area contributed by atoms with Gasteiger partial charge in [-0.15, -0.1) is 11.3 Å². The van der Waals surface area contributed by atoms with Gasteiger partial charge in [-0.25, -0.2) is 0 Å². The Kier molecular flexibility index (Phi) is 2.91. The van der Waals surface area contributed by atoms with E-state index in [4.69, 9.17) is 0 Å². The van der Waals surface area contributed by atoms with Gasteiger partial charge in [0.05, 0.1) is 15.3 Å². The van der Waals surface area contributed by atoms with E-state index in [1.165, 1.54) is 4.88 Å². The number of nitrogens with one attached hydrogen (secondary N) is 1. The molecule has 0 spiro atoms. The van der Waals surface area contributed by atoms with Gasteiger partial charge in [0.25, 0.3) is 0 Å². The van der Waals surface area contributed by atoms with Crippen LogP contribution >= 0.6 is 27.3 Å². The fraction of sp³-hybridized carbons (Fsp3) is 0.500. The van der Waals surface area contributed by atoms with E-state index in [9.17, 15) is 5.26 Å². The van der Waals surface area contributed by atoms with Crippen molar-refractivity contribution in [2.24, 2.45) is 0 Å². The summed E-state index contributed by atoms with van der Waals surface area (Å²) < 4.78 is 1.11. The summed E-state index contributed by atoms with van der Waals surface area (Å²) in [5.74, 6) is 0. The molecule has 0 atom stereocenters. The molecule has 0 radical (unpaired) electrons. The Morgan fingerprint density at radius 2 is 2.14 bits per heavy atom. The number of nitriles is 1. The van der Waals surface area contributed by atoms with Crippen LogP contribution in [0.3, 0.4) is 0 Å². The second-order valence-corrected chi connectivity index (χ2v) is 6.01. The van der Waals surface area contributed by atoms with E-state index in [1.807, 2.05) is 6.07 Å². The normalized spacial score (nSPS) is 20.3. The van der Waals surface area contributed by atoms with Gasteiger partial charge in [-0.1, -0.05) is 0 Å². The van der Waals surface area contributed by atoms with Gasteiger partial charge < -0.3 is 5.32 Å². The molecule has 0 amide bonds. The van der Waals surface area contributed by atoms with Crippen LogP contribution in [-0.2, 0) is 5.41 Å². The van der Waals surface area contributed by atoms with E-state index in [-0.39, 0.29) is 5.41 Å². The van der Waals surface area contributed by atoms with E-state index in [1.54, 1.807) is 11.3 Å². The predicted molar refractivity (Wildman–Crippen MR) is 61.4 cm³/mol. The van der Waals surface area contributed by atoms with Gasteiger partial charge >= 0.3 is 0 Å². The van der Waals surface area contributed by atoms with Crippen LogP contribution in [0.4, 0.5) is 0 Å². The molecule has 2 nitrogen and oxygen atoms in total. The first-order chi connectivity index (χ1) is 6.77. The minimum absolute atomic E-state index is 0.234. The average molecular weight is 271 g/mol. The molecule has 2 heterocycles. The highest BCUT2D eigenvalue weighted by molar-refractivity contribution is 9.11. The molecule has 0 saturated carbocycles. The molecule has 1 aliphatic heterocycles. The summed E-state index contributed by atoms with van der Waals surface area (Å²) in [6, 6.07) is 6.60. The topological polar surface area (TPSA) is 35.8 Å². The van der Waals surface area contributed by atoms with Crippen LogP contribution < -0.4 is 5.32 Å². The van der Waals surface area contributed by atoms with Gasteiger partial charge in [0, 0.05) is 4.88 Å². The summed E-state index contributed by atoms with van der Waals surface area (Å²) in [5, 5.41) is 12.6. The molecular weight excluding hydrogens is 260 g/mol. The van der Waals surface area contributed by atoms with Crippen molar-refractivity contribution in [3.05, 3.63) is 20.8 Å². The lowest BCUT2D eigenvalue weighted by Crippen LogP contribution is -2.38. The third kappa shape index (κ3) is 1.72. The number of nitrogens with zero attached hydrogens (tertiary/aromatic N) is 1. The van der Waals surface area contributed by atoms with E-state index in [2.05, 4.69) is 33.4 Å². The van der Waals surface area contributed by atoms with Gasteiger partial charge in [-0.3, -0.25) is 0 Å². The van der Waals surface area contributed by atoms with Gasteiger partial charge in [-0.2, -0.15) is 5.26 Å². The van der Waals surface area contributed by atoms with Crippen LogP contribution in [0.2, 0.25) is 0 Å². The van der Waals surface area contributed by atoms with Crippen LogP contribution in [0.5, 0.6) is 0 Å². The zero-order valence-electron chi connectivity index (χ0n) is 7.72. The molecule has 1 N–H and O–H groups in total. The number of thiophene rings is 1. The highest BCUT2D eigenvalue weighted by Gasteiger charge is 2.35. The first-order valence-electron chi connectivity index (χ1n) is 4.65. The Balaban J connectivity index is 2.32. The number of halogens is 1. The lowest BCUT2D eigenvalue weighted by Gasteiger charge is -2.30. The molecule has 4 heteroatoms. The second kappa shape index (κ2) is 4.01. The molecule has 0 bridgehead atoms. The van der Waals surface area contributed by atoms with E-state index in [0.717, 1.165) is 29.7 Å². The van der Waals surface area contributed by atoms with Gasteiger partial charge in [0.1, 0.15) is 0 Å². The summed E-state index contributed by atoms with van der Waals surface area (Å²) in [6.07, 6.45) is 1.85. The minimum Gasteiger partial charge on any atom is -0.317 e. The summed E-state index contributed by atoms with van der Waals surface area (Å²) in [7, 11) is 0. The number of piperidine rings is 1. The number of hydrogen-bond donors (Lipinski definition) is 1. The van der Waals surface area contributed by atoms with E-state index >= 15 is 0 Å². The van der Waals surface area contributed by atoms with Gasteiger partial charge in [0.2, 0.25) is 0 Å². The van der Waals surface area contributed by atoms with E-state index < -0.39 is 0 Å². The Morgan fingerprint density at radius 3 is 2.64 bits per heavy atom. The third-order valence-electron chi connectivity index (χ3n) is 2.72. The van der Waals surface area contributed by atoms with E-state index in [0.29, 0.717) is 0 Å². The Morgan fingerprint density at radius 1 is 1.43 bits per heavy atom. The summed E-state index contributed by atoms with van der Waals surface area (Å²) in [5.41, 5.74) is -0.234. The molecule has 0 aliphatic carbocycles. The predicted octanol–water partition coefficient (Wildman–Crippen LogP) is 2.66. The average Bonchev–Trinajstić information content (AvgIpc) is 2.66. The number of hydrogen-bond acceptors (Lipinski definition) is 3. The molecule has 74 valence electrons. The molecule has 0 unspecified atom stereocenters. The lowest BCUT2D eigenvalue weighted by molar-refractivity contribution is 0.388. The third-order valence-corrected chi connectivity index (χ3v) is 4.54. The van der Waals surface area contributed by atoms with Crippen molar-refractivity contribution in [3.63, 3.8) is 0 Å². The first-order valence-corrected chi connectivity index (χ1v) is 6.26. The van der Waals surface area contributed by atoms with Crippen molar-refractivity contribution >= 4 is 27.3 Å². The van der Waals surface area contributed by atoms with Crippen LogP contribution in [-0.4, -0.2) is 13.1 Å². The van der Waals surface area contributed by atoms with Crippen molar-refractivity contribution in [1.82, 2.24) is 5.32 Å². The fourth-order valence-corrected chi connectivity index (χ4v) is 3.42. The summed E-state index contributed by atoms with van der Waals surface area (Å²) in [6.45, 7) is 1.89. The van der Waals surface area contributed by atoms with Crippen LogP contribution in [0.25, 0.3) is 0 Å². The van der Waals surface area contributed by atoms with Crippen molar-refractivity contribution in [2.75, 3.05) is 13.1 Å². The monoisotopic (exact) mass is 270 g/mol. The molecular formula is C10H11BrN2S. The standard InChI is InChI=1S/C10H11BrN2S/c11-9-2-1-8(14-9)10(7-12)3-5-13-6-4-10/h1-2,13H,3-6H2. The largest absolute Gasteiger partial charge is 0.317 e. The van der Waals surface area contributed by atoms with Crippen LogP contribution in [0.15, 0.2) is 15.9 Å². The Labute approximate surface area is 96.1 Å². The lowest BCUT2D eigenvalue weighted by atomic mass is 9.79. The Bertz CT molecular complexity index is 360. The molecule has 1 saturated heterocycles. The highest BCUT2D eigenvalue weighted by Crippen LogP contribution is 2.38. The minimum atomic E-state index is -0.234. The van der Waals surface area contributed by atoms with Crippen molar-refractivity contribution in [3.8, 4) is 6.07 Å². The van der Waals surface area contributed by atoms with Gasteiger partial charge in [0.15, 0.2) is 0 Å². The summed E-state index contributed by atoms with van der Waals surface area (Å²) >= 11 is 5.13. The maximum atomic E-state index is 9.32. The molecule has 14 heavy (non-hydrogen) atoms. The van der Waals surface area contributed by atoms with Crippen molar-refractivity contribution in [1.29, 1.82) is 5.26 Å². The van der Waals surface area contributed by atoms with Crippen molar-refractivity contribution < 1.29 is 0 Å². The molecule has 0 aromatic carbocycles. The summed E-state index contributed by atoms with van der Waals surface area (Å²) in [4.78, 5) is 1.20. The quantitative estimate of drug-likeness (QED) is 0.852. The van der Waals surface area contributed by atoms with Crippen LogP contribution in [0, 0.1) is 11.3 Å². The fourth-order valence-electron chi connectivity index (χ4n) is 1.84. The molecule has 1 aromatic rings.